The van der Waals surface area contributed by atoms with Gasteiger partial charge in [0, 0.05) is 23.3 Å². The van der Waals surface area contributed by atoms with Crippen molar-refractivity contribution >= 4 is 11.0 Å². The Morgan fingerprint density at radius 2 is 1.93 bits per heavy atom. The molecule has 0 amide bonds. The van der Waals surface area contributed by atoms with Crippen LogP contribution in [0.4, 0.5) is 13.2 Å². The second-order valence-corrected chi connectivity index (χ2v) is 7.52. The third kappa shape index (κ3) is 3.88. The second-order valence-electron chi connectivity index (χ2n) is 7.52. The summed E-state index contributed by atoms with van der Waals surface area (Å²) in [5.41, 5.74) is -0.356. The van der Waals surface area contributed by atoms with Crippen LogP contribution in [0.15, 0.2) is 35.4 Å². The van der Waals surface area contributed by atoms with Gasteiger partial charge in [0.15, 0.2) is 0 Å². The van der Waals surface area contributed by atoms with E-state index in [1.54, 1.807) is 13.1 Å². The van der Waals surface area contributed by atoms with Gasteiger partial charge in [0.2, 0.25) is 0 Å². The highest BCUT2D eigenvalue weighted by Crippen LogP contribution is 2.33. The van der Waals surface area contributed by atoms with Gasteiger partial charge in [-0.25, -0.2) is 9.97 Å². The number of halogens is 3. The molecule has 0 saturated heterocycles. The molecule has 3 aromatic rings. The van der Waals surface area contributed by atoms with E-state index < -0.39 is 11.7 Å². The number of nitrogens with zero attached hydrogens (tertiary/aromatic N) is 4. The normalized spacial score (nSPS) is 15.7. The summed E-state index contributed by atoms with van der Waals surface area (Å²) in [6.07, 6.45) is 3.44. The molecule has 0 spiro atoms. The lowest BCUT2D eigenvalue weighted by molar-refractivity contribution is -0.138. The Balaban J connectivity index is 1.90. The van der Waals surface area contributed by atoms with E-state index in [1.807, 2.05) is 6.07 Å². The standard InChI is InChI=1S/C21H21F3N4O/c1-13-26-11-15-10-16(14-6-3-2-4-7-14)20(29)28(19(15)27-13)12-18-17(21(22,23)24)8-5-9-25-18/h5,8-11,14H,2-4,6-7,12H2,1H3. The van der Waals surface area contributed by atoms with E-state index in [0.29, 0.717) is 22.4 Å². The topological polar surface area (TPSA) is 60.7 Å². The number of hydrogen-bond acceptors (Lipinski definition) is 4. The third-order valence-corrected chi connectivity index (χ3v) is 5.52. The minimum absolute atomic E-state index is 0.110. The molecule has 8 heteroatoms. The summed E-state index contributed by atoms with van der Waals surface area (Å²) in [6.45, 7) is 1.40. The van der Waals surface area contributed by atoms with Crippen molar-refractivity contribution in [3.63, 3.8) is 0 Å². The maximum Gasteiger partial charge on any atom is 0.418 e. The minimum atomic E-state index is -4.55. The monoisotopic (exact) mass is 402 g/mol. The molecule has 152 valence electrons. The molecule has 0 radical (unpaired) electrons. The first-order chi connectivity index (χ1) is 13.8. The van der Waals surface area contributed by atoms with Crippen LogP contribution >= 0.6 is 0 Å². The first-order valence-electron chi connectivity index (χ1n) is 9.73. The third-order valence-electron chi connectivity index (χ3n) is 5.52. The molecule has 0 N–H and O–H groups in total. The van der Waals surface area contributed by atoms with Gasteiger partial charge >= 0.3 is 6.18 Å². The molecule has 0 aromatic carbocycles. The molecular formula is C21H21F3N4O. The fraction of sp³-hybridized carbons (Fsp3) is 0.429. The predicted octanol–water partition coefficient (Wildman–Crippen LogP) is 4.61. The van der Waals surface area contributed by atoms with E-state index in [1.165, 1.54) is 16.8 Å². The van der Waals surface area contributed by atoms with E-state index in [-0.39, 0.29) is 23.7 Å². The molecule has 0 aliphatic heterocycles. The Kier molecular flexibility index (Phi) is 5.10. The van der Waals surface area contributed by atoms with Crippen LogP contribution in [0.25, 0.3) is 11.0 Å². The molecule has 5 nitrogen and oxygen atoms in total. The highest BCUT2D eigenvalue weighted by Gasteiger charge is 2.34. The lowest BCUT2D eigenvalue weighted by Gasteiger charge is -2.23. The van der Waals surface area contributed by atoms with Gasteiger partial charge in [-0.3, -0.25) is 14.3 Å². The highest BCUT2D eigenvalue weighted by molar-refractivity contribution is 5.75. The number of rotatable bonds is 3. The van der Waals surface area contributed by atoms with Crippen molar-refractivity contribution in [2.24, 2.45) is 0 Å². The molecular weight excluding hydrogens is 381 g/mol. The number of aromatic nitrogens is 4. The van der Waals surface area contributed by atoms with Crippen molar-refractivity contribution in [1.82, 2.24) is 19.5 Å². The maximum atomic E-state index is 13.4. The van der Waals surface area contributed by atoms with Crippen LogP contribution in [0.5, 0.6) is 0 Å². The van der Waals surface area contributed by atoms with Crippen LogP contribution in [0.1, 0.15) is 60.7 Å². The number of alkyl halides is 3. The summed E-state index contributed by atoms with van der Waals surface area (Å²) in [5, 5.41) is 0.653. The van der Waals surface area contributed by atoms with Crippen LogP contribution in [-0.4, -0.2) is 19.5 Å². The van der Waals surface area contributed by atoms with Gasteiger partial charge in [-0.1, -0.05) is 19.3 Å². The van der Waals surface area contributed by atoms with Crippen LogP contribution < -0.4 is 5.56 Å². The molecule has 0 unspecified atom stereocenters. The summed E-state index contributed by atoms with van der Waals surface area (Å²) >= 11 is 0. The van der Waals surface area contributed by atoms with Crippen LogP contribution in [0.3, 0.4) is 0 Å². The summed E-state index contributed by atoms with van der Waals surface area (Å²) in [6, 6.07) is 4.05. The van der Waals surface area contributed by atoms with Gasteiger partial charge in [-0.05, 0) is 43.9 Å². The molecule has 1 aliphatic rings. The Morgan fingerprint density at radius 1 is 1.17 bits per heavy atom. The first-order valence-corrected chi connectivity index (χ1v) is 9.73. The van der Waals surface area contributed by atoms with Crippen LogP contribution in [-0.2, 0) is 12.7 Å². The zero-order chi connectivity index (χ0) is 20.6. The van der Waals surface area contributed by atoms with E-state index >= 15 is 0 Å². The first kappa shape index (κ1) is 19.5. The summed E-state index contributed by atoms with van der Waals surface area (Å²) in [7, 11) is 0. The molecule has 0 atom stereocenters. The van der Waals surface area contributed by atoms with Gasteiger partial charge < -0.3 is 0 Å². The highest BCUT2D eigenvalue weighted by atomic mass is 19.4. The molecule has 3 aromatic heterocycles. The van der Waals surface area contributed by atoms with E-state index in [9.17, 15) is 18.0 Å². The van der Waals surface area contributed by atoms with E-state index in [0.717, 1.165) is 38.2 Å². The van der Waals surface area contributed by atoms with Crippen molar-refractivity contribution in [2.75, 3.05) is 0 Å². The predicted molar refractivity (Wildman–Crippen MR) is 103 cm³/mol. The Morgan fingerprint density at radius 3 is 2.66 bits per heavy atom. The fourth-order valence-electron chi connectivity index (χ4n) is 4.09. The lowest BCUT2D eigenvalue weighted by Crippen LogP contribution is -2.29. The Bertz CT molecular complexity index is 1100. The van der Waals surface area contributed by atoms with Gasteiger partial charge in [0.05, 0.1) is 17.8 Å². The Hall–Kier alpha value is -2.77. The van der Waals surface area contributed by atoms with Crippen molar-refractivity contribution in [3.05, 3.63) is 63.6 Å². The maximum absolute atomic E-state index is 13.4. The van der Waals surface area contributed by atoms with Gasteiger partial charge in [-0.15, -0.1) is 0 Å². The SMILES string of the molecule is Cc1ncc2cc(C3CCCCC3)c(=O)n(Cc3ncccc3C(F)(F)F)c2n1. The Labute approximate surface area is 165 Å². The molecule has 1 fully saturated rings. The number of pyridine rings is 2. The van der Waals surface area contributed by atoms with E-state index in [2.05, 4.69) is 15.0 Å². The fourth-order valence-corrected chi connectivity index (χ4v) is 4.09. The number of hydrogen-bond donors (Lipinski definition) is 0. The van der Waals surface area contributed by atoms with Crippen molar-refractivity contribution in [3.8, 4) is 0 Å². The lowest BCUT2D eigenvalue weighted by atomic mass is 9.84. The molecule has 1 saturated carbocycles. The molecule has 3 heterocycles. The summed E-state index contributed by atoms with van der Waals surface area (Å²) in [5.74, 6) is 0.562. The van der Waals surface area contributed by atoms with Crippen LogP contribution in [0, 0.1) is 6.92 Å². The second kappa shape index (κ2) is 7.57. The van der Waals surface area contributed by atoms with Crippen molar-refractivity contribution < 1.29 is 13.2 Å². The molecule has 4 rings (SSSR count). The summed E-state index contributed by atoms with van der Waals surface area (Å²) < 4.78 is 41.7. The van der Waals surface area contributed by atoms with Crippen LogP contribution in [0.2, 0.25) is 0 Å². The molecule has 29 heavy (non-hydrogen) atoms. The van der Waals surface area contributed by atoms with Gasteiger partial charge in [0.25, 0.3) is 5.56 Å². The minimum Gasteiger partial charge on any atom is -0.286 e. The largest absolute Gasteiger partial charge is 0.418 e. The number of aryl methyl sites for hydroxylation is 1. The summed E-state index contributed by atoms with van der Waals surface area (Å²) in [4.78, 5) is 25.8. The average molecular weight is 402 g/mol. The average Bonchev–Trinajstić information content (AvgIpc) is 2.70. The molecule has 0 bridgehead atoms. The van der Waals surface area contributed by atoms with Crippen molar-refractivity contribution in [2.45, 2.75) is 57.7 Å². The van der Waals surface area contributed by atoms with Gasteiger partial charge in [0.1, 0.15) is 11.5 Å². The number of fused-ring (bicyclic) bond motifs is 1. The zero-order valence-corrected chi connectivity index (χ0v) is 16.0. The zero-order valence-electron chi connectivity index (χ0n) is 16.0. The molecule has 1 aliphatic carbocycles. The smallest absolute Gasteiger partial charge is 0.286 e. The quantitative estimate of drug-likeness (QED) is 0.642. The van der Waals surface area contributed by atoms with Gasteiger partial charge in [-0.2, -0.15) is 13.2 Å². The van der Waals surface area contributed by atoms with E-state index in [4.69, 9.17) is 0 Å². The van der Waals surface area contributed by atoms with Crippen molar-refractivity contribution in [1.29, 1.82) is 0 Å².